The fourth-order valence-corrected chi connectivity index (χ4v) is 3.45. The van der Waals surface area contributed by atoms with Crippen LogP contribution in [-0.4, -0.2) is 25.1 Å². The van der Waals surface area contributed by atoms with E-state index in [0.717, 1.165) is 25.7 Å². The molecule has 2 aromatic rings. The van der Waals surface area contributed by atoms with Crippen molar-refractivity contribution in [1.29, 1.82) is 0 Å². The van der Waals surface area contributed by atoms with Gasteiger partial charge in [0.15, 0.2) is 11.2 Å². The fraction of sp³-hybridized carbons (Fsp3) is 0.579. The smallest absolute Gasteiger partial charge is 0.330 e. The van der Waals surface area contributed by atoms with Crippen LogP contribution in [0.3, 0.4) is 0 Å². The molecule has 2 aromatic heterocycles. The number of H-pyrrole nitrogens is 1. The lowest BCUT2D eigenvalue weighted by atomic mass is 9.95. The van der Waals surface area contributed by atoms with Gasteiger partial charge in [-0.15, -0.1) is 0 Å². The lowest BCUT2D eigenvalue weighted by Gasteiger charge is -2.16. The predicted octanol–water partition coefficient (Wildman–Crippen LogP) is 2.11. The van der Waals surface area contributed by atoms with Crippen LogP contribution < -0.4 is 11.2 Å². The molecule has 1 aliphatic carbocycles. The van der Waals surface area contributed by atoms with E-state index in [-0.39, 0.29) is 18.5 Å². The molecule has 0 amide bonds. The molecular weight excluding hydrogens is 348 g/mol. The maximum atomic E-state index is 12.4. The zero-order chi connectivity index (χ0) is 19.4. The van der Waals surface area contributed by atoms with Crippen molar-refractivity contribution in [3.05, 3.63) is 38.8 Å². The van der Waals surface area contributed by atoms with E-state index in [9.17, 15) is 14.4 Å². The Morgan fingerprint density at radius 3 is 2.78 bits per heavy atom. The molecule has 1 N–H and O–H groups in total. The second kappa shape index (κ2) is 8.37. The number of carbonyl (C=O) groups is 1. The van der Waals surface area contributed by atoms with Crippen LogP contribution in [0.2, 0.25) is 0 Å². The maximum absolute atomic E-state index is 12.4. The lowest BCUT2D eigenvalue weighted by Crippen LogP contribution is -2.31. The van der Waals surface area contributed by atoms with Crippen LogP contribution in [0.25, 0.3) is 11.2 Å². The first-order chi connectivity index (χ1) is 13.1. The molecule has 1 aliphatic rings. The SMILES string of the molecule is CCCCn1c(=O)[nH]c(=O)c2c1nc(COC(=O)C1CC=CCC1)n2CC. The molecule has 1 unspecified atom stereocenters. The second-order valence-corrected chi connectivity index (χ2v) is 6.80. The number of hydrogen-bond donors (Lipinski definition) is 1. The Labute approximate surface area is 156 Å². The van der Waals surface area contributed by atoms with Crippen LogP contribution in [-0.2, 0) is 29.2 Å². The summed E-state index contributed by atoms with van der Waals surface area (Å²) in [5.74, 6) is 0.112. The standard InChI is InChI=1S/C19H26N4O4/c1-3-5-11-23-16-15(17(24)21-19(23)26)22(4-2)14(20-16)12-27-18(25)13-9-7-6-8-10-13/h6-7,13H,3-5,8-12H2,1-2H3,(H,21,24,26). The molecule has 0 saturated heterocycles. The van der Waals surface area contributed by atoms with Crippen molar-refractivity contribution in [3.8, 4) is 0 Å². The van der Waals surface area contributed by atoms with Gasteiger partial charge in [0.1, 0.15) is 12.4 Å². The van der Waals surface area contributed by atoms with E-state index >= 15 is 0 Å². The summed E-state index contributed by atoms with van der Waals surface area (Å²) in [5, 5.41) is 0. The van der Waals surface area contributed by atoms with E-state index in [1.807, 2.05) is 19.9 Å². The first kappa shape index (κ1) is 19.1. The lowest BCUT2D eigenvalue weighted by molar-refractivity contribution is -0.150. The summed E-state index contributed by atoms with van der Waals surface area (Å²) in [6.07, 6.45) is 8.16. The highest BCUT2D eigenvalue weighted by atomic mass is 16.5. The van der Waals surface area contributed by atoms with E-state index in [1.54, 1.807) is 4.57 Å². The monoisotopic (exact) mass is 374 g/mol. The van der Waals surface area contributed by atoms with Gasteiger partial charge < -0.3 is 9.30 Å². The summed E-state index contributed by atoms with van der Waals surface area (Å²) in [6, 6.07) is 0. The van der Waals surface area contributed by atoms with Crippen LogP contribution >= 0.6 is 0 Å². The van der Waals surface area contributed by atoms with Crippen LogP contribution in [0.1, 0.15) is 51.8 Å². The Bertz CT molecular complexity index is 966. The number of aryl methyl sites for hydroxylation is 2. The van der Waals surface area contributed by atoms with Gasteiger partial charge >= 0.3 is 11.7 Å². The molecule has 1 atom stereocenters. The molecule has 0 bridgehead atoms. The zero-order valence-electron chi connectivity index (χ0n) is 15.9. The number of imidazole rings is 1. The van der Waals surface area contributed by atoms with Crippen molar-refractivity contribution in [2.75, 3.05) is 0 Å². The Morgan fingerprint density at radius 1 is 1.30 bits per heavy atom. The number of carbonyl (C=O) groups excluding carboxylic acids is 1. The second-order valence-electron chi connectivity index (χ2n) is 6.80. The van der Waals surface area contributed by atoms with Gasteiger partial charge in [0.05, 0.1) is 5.92 Å². The maximum Gasteiger partial charge on any atom is 0.330 e. The van der Waals surface area contributed by atoms with Crippen molar-refractivity contribution in [3.63, 3.8) is 0 Å². The molecule has 0 fully saturated rings. The molecule has 0 aliphatic heterocycles. The van der Waals surface area contributed by atoms with E-state index in [4.69, 9.17) is 4.74 Å². The average Bonchev–Trinajstić information content (AvgIpc) is 3.05. The molecule has 27 heavy (non-hydrogen) atoms. The number of nitrogens with zero attached hydrogens (tertiary/aromatic N) is 3. The highest BCUT2D eigenvalue weighted by Crippen LogP contribution is 2.20. The summed E-state index contributed by atoms with van der Waals surface area (Å²) in [6.45, 7) is 4.88. The number of hydrogen-bond acceptors (Lipinski definition) is 5. The fourth-order valence-electron chi connectivity index (χ4n) is 3.45. The minimum absolute atomic E-state index is 0.0109. The van der Waals surface area contributed by atoms with Gasteiger partial charge in [-0.2, -0.15) is 0 Å². The Balaban J connectivity index is 1.92. The third-order valence-electron chi connectivity index (χ3n) is 4.96. The molecule has 0 radical (unpaired) electrons. The first-order valence-electron chi connectivity index (χ1n) is 9.60. The molecular formula is C19H26N4O4. The summed E-state index contributed by atoms with van der Waals surface area (Å²) >= 11 is 0. The minimum Gasteiger partial charge on any atom is -0.457 e. The van der Waals surface area contributed by atoms with E-state index < -0.39 is 11.2 Å². The highest BCUT2D eigenvalue weighted by Gasteiger charge is 2.22. The largest absolute Gasteiger partial charge is 0.457 e. The van der Waals surface area contributed by atoms with Crippen LogP contribution in [0.5, 0.6) is 0 Å². The molecule has 3 rings (SSSR count). The molecule has 0 aromatic carbocycles. The van der Waals surface area contributed by atoms with Crippen LogP contribution in [0.4, 0.5) is 0 Å². The van der Waals surface area contributed by atoms with Crippen molar-refractivity contribution in [2.45, 2.75) is 65.6 Å². The number of esters is 1. The number of fused-ring (bicyclic) bond motifs is 1. The average molecular weight is 374 g/mol. The van der Waals surface area contributed by atoms with Crippen molar-refractivity contribution in [2.24, 2.45) is 5.92 Å². The van der Waals surface area contributed by atoms with E-state index in [1.165, 1.54) is 4.57 Å². The number of nitrogens with one attached hydrogen (secondary N) is 1. The van der Waals surface area contributed by atoms with Gasteiger partial charge in [-0.3, -0.25) is 19.1 Å². The number of aromatic nitrogens is 4. The molecule has 2 heterocycles. The third kappa shape index (κ3) is 3.89. The molecule has 0 saturated carbocycles. The van der Waals surface area contributed by atoms with E-state index in [2.05, 4.69) is 16.0 Å². The summed E-state index contributed by atoms with van der Waals surface area (Å²) in [5.41, 5.74) is -0.225. The number of unbranched alkanes of at least 4 members (excludes halogenated alkanes) is 1. The Hall–Kier alpha value is -2.64. The highest BCUT2D eigenvalue weighted by molar-refractivity contribution is 5.73. The number of ether oxygens (including phenoxy) is 1. The van der Waals surface area contributed by atoms with Gasteiger partial charge in [-0.1, -0.05) is 25.5 Å². The van der Waals surface area contributed by atoms with Gasteiger partial charge in [-0.25, -0.2) is 9.78 Å². The van der Waals surface area contributed by atoms with Crippen molar-refractivity contribution < 1.29 is 9.53 Å². The van der Waals surface area contributed by atoms with Crippen molar-refractivity contribution >= 4 is 17.1 Å². The summed E-state index contributed by atoms with van der Waals surface area (Å²) < 4.78 is 8.68. The molecule has 8 nitrogen and oxygen atoms in total. The number of rotatable bonds is 7. The Kier molecular flexibility index (Phi) is 5.93. The van der Waals surface area contributed by atoms with Gasteiger partial charge in [-0.05, 0) is 32.6 Å². The molecule has 8 heteroatoms. The van der Waals surface area contributed by atoms with Gasteiger partial charge in [0.2, 0.25) is 0 Å². The topological polar surface area (TPSA) is 99.0 Å². The quantitative estimate of drug-likeness (QED) is 0.591. The predicted molar refractivity (Wildman–Crippen MR) is 101 cm³/mol. The molecule has 0 spiro atoms. The van der Waals surface area contributed by atoms with E-state index in [0.29, 0.717) is 36.5 Å². The number of allylic oxidation sites excluding steroid dienone is 2. The Morgan fingerprint density at radius 2 is 2.11 bits per heavy atom. The summed E-state index contributed by atoms with van der Waals surface area (Å²) in [7, 11) is 0. The number of aromatic amines is 1. The normalized spacial score (nSPS) is 16.7. The minimum atomic E-state index is -0.466. The molecule has 146 valence electrons. The summed E-state index contributed by atoms with van der Waals surface area (Å²) in [4.78, 5) is 43.7. The van der Waals surface area contributed by atoms with Gasteiger partial charge in [0.25, 0.3) is 5.56 Å². The third-order valence-corrected chi connectivity index (χ3v) is 4.96. The first-order valence-corrected chi connectivity index (χ1v) is 9.60. The van der Waals surface area contributed by atoms with Crippen molar-refractivity contribution in [1.82, 2.24) is 19.1 Å². The zero-order valence-corrected chi connectivity index (χ0v) is 15.9. The van der Waals surface area contributed by atoms with Crippen LogP contribution in [0, 0.1) is 5.92 Å². The van der Waals surface area contributed by atoms with Gasteiger partial charge in [0, 0.05) is 13.1 Å². The van der Waals surface area contributed by atoms with Crippen LogP contribution in [0.15, 0.2) is 21.7 Å².